The zero-order chi connectivity index (χ0) is 13.1. The van der Waals surface area contributed by atoms with Gasteiger partial charge in [0.2, 0.25) is 0 Å². The average Bonchev–Trinajstić information content (AvgIpc) is 2.46. The molecule has 0 saturated carbocycles. The minimum absolute atomic E-state index is 0.742. The molecule has 3 heteroatoms. The third kappa shape index (κ3) is 2.65. The molecule has 1 aliphatic rings. The highest BCUT2D eigenvalue weighted by atomic mass is 16.5. The summed E-state index contributed by atoms with van der Waals surface area (Å²) in [5.41, 5.74) is 9.13. The molecule has 0 radical (unpaired) electrons. The number of rotatable bonds is 3. The molecule has 1 aliphatic heterocycles. The van der Waals surface area contributed by atoms with Crippen LogP contribution in [0.4, 0.5) is 11.4 Å². The molecule has 3 rings (SSSR count). The van der Waals surface area contributed by atoms with E-state index in [0.717, 1.165) is 43.2 Å². The average molecular weight is 254 g/mol. The van der Waals surface area contributed by atoms with Gasteiger partial charge in [0.05, 0.1) is 12.2 Å². The van der Waals surface area contributed by atoms with Gasteiger partial charge in [0.15, 0.2) is 0 Å². The number of nitrogens with zero attached hydrogens (tertiary/aromatic N) is 1. The molecule has 0 atom stereocenters. The maximum Gasteiger partial charge on any atom is 0.142 e. The van der Waals surface area contributed by atoms with Crippen LogP contribution in [0.15, 0.2) is 48.5 Å². The van der Waals surface area contributed by atoms with Crippen molar-refractivity contribution < 1.29 is 4.74 Å². The van der Waals surface area contributed by atoms with Gasteiger partial charge in [-0.25, -0.2) is 0 Å². The van der Waals surface area contributed by atoms with Gasteiger partial charge in [-0.3, -0.25) is 0 Å². The number of ether oxygens (including phenoxy) is 1. The smallest absolute Gasteiger partial charge is 0.142 e. The highest BCUT2D eigenvalue weighted by molar-refractivity contribution is 5.66. The Morgan fingerprint density at radius 3 is 2.79 bits per heavy atom. The van der Waals surface area contributed by atoms with Crippen molar-refractivity contribution in [3.63, 3.8) is 0 Å². The second-order valence-electron chi connectivity index (χ2n) is 4.80. The van der Waals surface area contributed by atoms with Gasteiger partial charge in [0.25, 0.3) is 0 Å². The van der Waals surface area contributed by atoms with E-state index in [0.29, 0.717) is 0 Å². The number of hydrogen-bond acceptors (Lipinski definition) is 3. The molecule has 0 bridgehead atoms. The van der Waals surface area contributed by atoms with Gasteiger partial charge in [0, 0.05) is 12.2 Å². The summed E-state index contributed by atoms with van der Waals surface area (Å²) in [6.07, 6.45) is 1.04. The summed E-state index contributed by atoms with van der Waals surface area (Å²) in [6.45, 7) is 2.65. The Kier molecular flexibility index (Phi) is 3.27. The molecular weight excluding hydrogens is 236 g/mol. The molecule has 98 valence electrons. The third-order valence-corrected chi connectivity index (χ3v) is 3.46. The number of hydrogen-bond donors (Lipinski definition) is 1. The van der Waals surface area contributed by atoms with Crippen LogP contribution in [0.2, 0.25) is 0 Å². The largest absolute Gasteiger partial charge is 0.490 e. The second-order valence-corrected chi connectivity index (χ2v) is 4.80. The molecule has 3 nitrogen and oxygen atoms in total. The van der Waals surface area contributed by atoms with Crippen LogP contribution in [0.3, 0.4) is 0 Å². The predicted molar refractivity (Wildman–Crippen MR) is 78.7 cm³/mol. The van der Waals surface area contributed by atoms with Crippen LogP contribution < -0.4 is 15.4 Å². The molecule has 2 aromatic carbocycles. The zero-order valence-electron chi connectivity index (χ0n) is 10.9. The Morgan fingerprint density at radius 2 is 1.95 bits per heavy atom. The molecule has 19 heavy (non-hydrogen) atoms. The van der Waals surface area contributed by atoms with Crippen LogP contribution >= 0.6 is 0 Å². The summed E-state index contributed by atoms with van der Waals surface area (Å²) in [6, 6.07) is 16.4. The van der Waals surface area contributed by atoms with Gasteiger partial charge in [0.1, 0.15) is 12.4 Å². The molecule has 2 N–H and O–H groups in total. The van der Waals surface area contributed by atoms with Crippen LogP contribution in [0.1, 0.15) is 5.56 Å². The SMILES string of the molecule is Nc1ccc2c(c1)N(CCc1ccccc1)CCO2. The first kappa shape index (κ1) is 11.9. The van der Waals surface area contributed by atoms with Crippen molar-refractivity contribution in [3.8, 4) is 5.75 Å². The minimum Gasteiger partial charge on any atom is -0.490 e. The van der Waals surface area contributed by atoms with Gasteiger partial charge in [-0.15, -0.1) is 0 Å². The van der Waals surface area contributed by atoms with Crippen molar-refractivity contribution in [2.75, 3.05) is 30.3 Å². The molecule has 0 saturated heterocycles. The molecular formula is C16H18N2O. The fourth-order valence-electron chi connectivity index (χ4n) is 2.43. The monoisotopic (exact) mass is 254 g/mol. The quantitative estimate of drug-likeness (QED) is 0.856. The molecule has 0 amide bonds. The van der Waals surface area contributed by atoms with E-state index in [2.05, 4.69) is 29.2 Å². The number of nitrogen functional groups attached to an aromatic ring is 1. The van der Waals surface area contributed by atoms with Crippen molar-refractivity contribution >= 4 is 11.4 Å². The lowest BCUT2D eigenvalue weighted by atomic mass is 10.1. The third-order valence-electron chi connectivity index (χ3n) is 3.46. The first-order valence-corrected chi connectivity index (χ1v) is 6.64. The van der Waals surface area contributed by atoms with Gasteiger partial charge < -0.3 is 15.4 Å². The zero-order valence-corrected chi connectivity index (χ0v) is 10.9. The van der Waals surface area contributed by atoms with Crippen molar-refractivity contribution in [2.45, 2.75) is 6.42 Å². The summed E-state index contributed by atoms with van der Waals surface area (Å²) in [7, 11) is 0. The summed E-state index contributed by atoms with van der Waals surface area (Å²) < 4.78 is 5.66. The predicted octanol–water partition coefficient (Wildman–Crippen LogP) is 2.71. The Bertz CT molecular complexity index is 554. The van der Waals surface area contributed by atoms with Crippen LogP contribution in [-0.2, 0) is 6.42 Å². The first-order chi connectivity index (χ1) is 9.33. The van der Waals surface area contributed by atoms with Gasteiger partial charge in [-0.05, 0) is 30.2 Å². The highest BCUT2D eigenvalue weighted by Crippen LogP contribution is 2.33. The Hall–Kier alpha value is -2.16. The molecule has 1 heterocycles. The molecule has 0 fully saturated rings. The Morgan fingerprint density at radius 1 is 1.11 bits per heavy atom. The summed E-state index contributed by atoms with van der Waals surface area (Å²) in [5.74, 6) is 0.938. The molecule has 2 aromatic rings. The van der Waals surface area contributed by atoms with E-state index in [-0.39, 0.29) is 0 Å². The van der Waals surface area contributed by atoms with E-state index < -0.39 is 0 Å². The topological polar surface area (TPSA) is 38.5 Å². The van der Waals surface area contributed by atoms with E-state index in [1.807, 2.05) is 24.3 Å². The second kappa shape index (κ2) is 5.22. The standard InChI is InChI=1S/C16H18N2O/c17-14-6-7-16-15(12-14)18(10-11-19-16)9-8-13-4-2-1-3-5-13/h1-7,12H,8-11,17H2. The van der Waals surface area contributed by atoms with E-state index in [1.54, 1.807) is 0 Å². The summed E-state index contributed by atoms with van der Waals surface area (Å²) in [5, 5.41) is 0. The fourth-order valence-corrected chi connectivity index (χ4v) is 2.43. The van der Waals surface area contributed by atoms with Crippen LogP contribution in [-0.4, -0.2) is 19.7 Å². The van der Waals surface area contributed by atoms with Gasteiger partial charge >= 0.3 is 0 Å². The van der Waals surface area contributed by atoms with Crippen LogP contribution in [0.5, 0.6) is 5.75 Å². The number of benzene rings is 2. The molecule has 0 aromatic heterocycles. The fraction of sp³-hybridized carbons (Fsp3) is 0.250. The summed E-state index contributed by atoms with van der Waals surface area (Å²) in [4.78, 5) is 2.35. The maximum absolute atomic E-state index is 5.87. The molecule has 0 aliphatic carbocycles. The normalized spacial score (nSPS) is 13.8. The van der Waals surface area contributed by atoms with Gasteiger partial charge in [-0.1, -0.05) is 30.3 Å². The van der Waals surface area contributed by atoms with Crippen molar-refractivity contribution in [1.29, 1.82) is 0 Å². The van der Waals surface area contributed by atoms with Gasteiger partial charge in [-0.2, -0.15) is 0 Å². The van der Waals surface area contributed by atoms with Crippen molar-refractivity contribution in [2.24, 2.45) is 0 Å². The van der Waals surface area contributed by atoms with E-state index in [1.165, 1.54) is 5.56 Å². The first-order valence-electron chi connectivity index (χ1n) is 6.64. The highest BCUT2D eigenvalue weighted by Gasteiger charge is 2.17. The molecule has 0 unspecified atom stereocenters. The lowest BCUT2D eigenvalue weighted by Gasteiger charge is -2.31. The van der Waals surface area contributed by atoms with E-state index >= 15 is 0 Å². The maximum atomic E-state index is 5.87. The molecule has 0 spiro atoms. The Balaban J connectivity index is 1.75. The number of anilines is 2. The van der Waals surface area contributed by atoms with E-state index in [4.69, 9.17) is 10.5 Å². The van der Waals surface area contributed by atoms with Crippen LogP contribution in [0.25, 0.3) is 0 Å². The van der Waals surface area contributed by atoms with E-state index in [9.17, 15) is 0 Å². The van der Waals surface area contributed by atoms with Crippen molar-refractivity contribution in [3.05, 3.63) is 54.1 Å². The summed E-state index contributed by atoms with van der Waals surface area (Å²) >= 11 is 0. The Labute approximate surface area is 113 Å². The lowest BCUT2D eigenvalue weighted by Crippen LogP contribution is -2.34. The van der Waals surface area contributed by atoms with Crippen molar-refractivity contribution in [1.82, 2.24) is 0 Å². The minimum atomic E-state index is 0.742. The number of nitrogens with two attached hydrogens (primary N) is 1. The number of fused-ring (bicyclic) bond motifs is 1. The lowest BCUT2D eigenvalue weighted by molar-refractivity contribution is 0.308. The van der Waals surface area contributed by atoms with Crippen LogP contribution in [0, 0.1) is 0 Å².